The summed E-state index contributed by atoms with van der Waals surface area (Å²) in [6.07, 6.45) is 0. The second-order valence-electron chi connectivity index (χ2n) is 3.58. The van der Waals surface area contributed by atoms with Crippen molar-refractivity contribution in [2.24, 2.45) is 0 Å². The number of hydrogen-bond donors (Lipinski definition) is 2. The third-order valence-corrected chi connectivity index (χ3v) is 2.76. The molecule has 0 aromatic heterocycles. The van der Waals surface area contributed by atoms with Crippen molar-refractivity contribution in [2.45, 2.75) is 6.04 Å². The summed E-state index contributed by atoms with van der Waals surface area (Å²) >= 11 is 4.13. The average Bonchev–Trinajstić information content (AvgIpc) is 2.63. The fraction of sp³-hybridized carbons (Fsp3) is 0.364. The van der Waals surface area contributed by atoms with E-state index in [-0.39, 0.29) is 12.1 Å². The van der Waals surface area contributed by atoms with E-state index < -0.39 is 0 Å². The Bertz CT molecular complexity index is 342. The van der Waals surface area contributed by atoms with Crippen molar-refractivity contribution in [3.05, 3.63) is 35.9 Å². The Kier molecular flexibility index (Phi) is 3.16. The van der Waals surface area contributed by atoms with Gasteiger partial charge in [-0.05, 0) is 5.56 Å². The van der Waals surface area contributed by atoms with Crippen molar-refractivity contribution < 1.29 is 4.79 Å². The van der Waals surface area contributed by atoms with Crippen LogP contribution in [0.4, 0.5) is 4.79 Å². The SMILES string of the molecule is O=C1N[C@@H](c2ccccc2)CN1CCS. The summed E-state index contributed by atoms with van der Waals surface area (Å²) in [5.41, 5.74) is 1.16. The van der Waals surface area contributed by atoms with Gasteiger partial charge >= 0.3 is 6.03 Å². The Morgan fingerprint density at radius 2 is 2.13 bits per heavy atom. The molecule has 1 fully saturated rings. The van der Waals surface area contributed by atoms with E-state index in [0.717, 1.165) is 12.1 Å². The number of benzene rings is 1. The lowest BCUT2D eigenvalue weighted by Gasteiger charge is -2.12. The van der Waals surface area contributed by atoms with Gasteiger partial charge in [0.2, 0.25) is 0 Å². The molecule has 0 aliphatic carbocycles. The summed E-state index contributed by atoms with van der Waals surface area (Å²) in [6.45, 7) is 1.45. The van der Waals surface area contributed by atoms with Gasteiger partial charge in [-0.2, -0.15) is 12.6 Å². The van der Waals surface area contributed by atoms with Gasteiger partial charge in [-0.1, -0.05) is 30.3 Å². The fourth-order valence-corrected chi connectivity index (χ4v) is 2.02. The molecule has 3 nitrogen and oxygen atoms in total. The standard InChI is InChI=1S/C11H14N2OS/c14-11-12-10(8-13(11)6-7-15)9-4-2-1-3-5-9/h1-5,10,15H,6-8H2,(H,12,14)/t10-/m1/s1. The molecular formula is C11H14N2OS. The molecule has 1 saturated heterocycles. The molecule has 0 bridgehead atoms. The summed E-state index contributed by atoms with van der Waals surface area (Å²) in [5.74, 6) is 0.703. The quantitative estimate of drug-likeness (QED) is 0.749. The minimum atomic E-state index is 0.0119. The lowest BCUT2D eigenvalue weighted by molar-refractivity contribution is 0.220. The predicted molar refractivity (Wildman–Crippen MR) is 63.1 cm³/mol. The van der Waals surface area contributed by atoms with Gasteiger partial charge in [-0.15, -0.1) is 0 Å². The van der Waals surface area contributed by atoms with Crippen molar-refractivity contribution in [3.63, 3.8) is 0 Å². The van der Waals surface area contributed by atoms with E-state index in [1.54, 1.807) is 4.90 Å². The van der Waals surface area contributed by atoms with E-state index in [9.17, 15) is 4.79 Å². The number of thiol groups is 1. The van der Waals surface area contributed by atoms with Crippen LogP contribution in [0.2, 0.25) is 0 Å². The number of nitrogens with zero attached hydrogens (tertiary/aromatic N) is 1. The third-order valence-electron chi connectivity index (χ3n) is 2.56. The van der Waals surface area contributed by atoms with Crippen LogP contribution in [0.3, 0.4) is 0 Å². The molecule has 1 aliphatic heterocycles. The zero-order valence-corrected chi connectivity index (χ0v) is 9.28. The number of carbonyl (C=O) groups is 1. The highest BCUT2D eigenvalue weighted by atomic mass is 32.1. The van der Waals surface area contributed by atoms with E-state index in [4.69, 9.17) is 0 Å². The highest BCUT2D eigenvalue weighted by molar-refractivity contribution is 7.80. The zero-order valence-electron chi connectivity index (χ0n) is 8.39. The van der Waals surface area contributed by atoms with Gasteiger partial charge in [0.15, 0.2) is 0 Å². The van der Waals surface area contributed by atoms with Crippen molar-refractivity contribution in [2.75, 3.05) is 18.8 Å². The second-order valence-corrected chi connectivity index (χ2v) is 4.03. The molecule has 2 amide bonds. The second kappa shape index (κ2) is 4.57. The topological polar surface area (TPSA) is 32.3 Å². The molecule has 1 aliphatic rings. The lowest BCUT2D eigenvalue weighted by Crippen LogP contribution is -2.29. The molecule has 15 heavy (non-hydrogen) atoms. The van der Waals surface area contributed by atoms with Gasteiger partial charge in [0.25, 0.3) is 0 Å². The predicted octanol–water partition coefficient (Wildman–Crippen LogP) is 1.68. The van der Waals surface area contributed by atoms with Crippen LogP contribution in [0.15, 0.2) is 30.3 Å². The molecule has 1 N–H and O–H groups in total. The molecule has 1 heterocycles. The molecule has 1 aromatic carbocycles. The van der Waals surface area contributed by atoms with Crippen LogP contribution in [0.25, 0.3) is 0 Å². The van der Waals surface area contributed by atoms with E-state index in [1.165, 1.54) is 0 Å². The van der Waals surface area contributed by atoms with E-state index >= 15 is 0 Å². The Morgan fingerprint density at radius 3 is 2.80 bits per heavy atom. The van der Waals surface area contributed by atoms with Crippen molar-refractivity contribution in [1.29, 1.82) is 0 Å². The maximum atomic E-state index is 11.5. The first kappa shape index (κ1) is 10.4. The molecule has 2 rings (SSSR count). The van der Waals surface area contributed by atoms with Crippen molar-refractivity contribution in [3.8, 4) is 0 Å². The summed E-state index contributed by atoms with van der Waals surface area (Å²) < 4.78 is 0. The number of nitrogens with one attached hydrogen (secondary N) is 1. The normalized spacial score (nSPS) is 20.5. The summed E-state index contributed by atoms with van der Waals surface area (Å²) in [6, 6.07) is 10.2. The Labute approximate surface area is 94.9 Å². The average molecular weight is 222 g/mol. The number of rotatable bonds is 3. The summed E-state index contributed by atoms with van der Waals surface area (Å²) in [5, 5.41) is 2.96. The van der Waals surface area contributed by atoms with Gasteiger partial charge < -0.3 is 10.2 Å². The van der Waals surface area contributed by atoms with Crippen molar-refractivity contribution >= 4 is 18.7 Å². The Balaban J connectivity index is 2.06. The molecule has 0 radical (unpaired) electrons. The summed E-state index contributed by atoms with van der Waals surface area (Å²) in [4.78, 5) is 13.3. The maximum absolute atomic E-state index is 11.5. The van der Waals surface area contributed by atoms with Gasteiger partial charge in [0.1, 0.15) is 0 Å². The summed E-state index contributed by atoms with van der Waals surface area (Å²) in [7, 11) is 0. The van der Waals surface area contributed by atoms with Gasteiger partial charge in [-0.25, -0.2) is 4.79 Å². The number of amides is 2. The third kappa shape index (κ3) is 2.26. The van der Waals surface area contributed by atoms with Gasteiger partial charge in [0.05, 0.1) is 6.04 Å². The van der Waals surface area contributed by atoms with Crippen LogP contribution in [0, 0.1) is 0 Å². The Hall–Kier alpha value is -1.16. The lowest BCUT2D eigenvalue weighted by atomic mass is 10.1. The molecule has 4 heteroatoms. The Morgan fingerprint density at radius 1 is 1.40 bits per heavy atom. The molecule has 80 valence electrons. The number of carbonyl (C=O) groups excluding carboxylic acids is 1. The van der Waals surface area contributed by atoms with Crippen LogP contribution in [-0.4, -0.2) is 29.8 Å². The number of urea groups is 1. The van der Waals surface area contributed by atoms with Crippen LogP contribution in [0.1, 0.15) is 11.6 Å². The maximum Gasteiger partial charge on any atom is 0.318 e. The smallest absolute Gasteiger partial charge is 0.318 e. The first-order chi connectivity index (χ1) is 7.31. The van der Waals surface area contributed by atoms with Gasteiger partial charge in [0, 0.05) is 18.8 Å². The van der Waals surface area contributed by atoms with Crippen molar-refractivity contribution in [1.82, 2.24) is 10.2 Å². The highest BCUT2D eigenvalue weighted by Gasteiger charge is 2.28. The van der Waals surface area contributed by atoms with E-state index in [1.807, 2.05) is 30.3 Å². The van der Waals surface area contributed by atoms with E-state index in [0.29, 0.717) is 12.3 Å². The first-order valence-electron chi connectivity index (χ1n) is 5.02. The molecule has 0 saturated carbocycles. The zero-order chi connectivity index (χ0) is 10.7. The molecule has 1 atom stereocenters. The molecule has 0 unspecified atom stereocenters. The first-order valence-corrected chi connectivity index (χ1v) is 5.66. The number of hydrogen-bond acceptors (Lipinski definition) is 2. The molecule has 1 aromatic rings. The van der Waals surface area contributed by atoms with Crippen LogP contribution >= 0.6 is 12.6 Å². The largest absolute Gasteiger partial charge is 0.329 e. The van der Waals surface area contributed by atoms with Crippen LogP contribution in [0.5, 0.6) is 0 Å². The highest BCUT2D eigenvalue weighted by Crippen LogP contribution is 2.19. The minimum absolute atomic E-state index is 0.0119. The van der Waals surface area contributed by atoms with Gasteiger partial charge in [-0.3, -0.25) is 0 Å². The monoisotopic (exact) mass is 222 g/mol. The molecule has 0 spiro atoms. The fourth-order valence-electron chi connectivity index (χ4n) is 1.78. The molecular weight excluding hydrogens is 208 g/mol. The minimum Gasteiger partial charge on any atom is -0.329 e. The van der Waals surface area contributed by atoms with Crippen LogP contribution in [-0.2, 0) is 0 Å². The van der Waals surface area contributed by atoms with Crippen LogP contribution < -0.4 is 5.32 Å². The van der Waals surface area contributed by atoms with E-state index in [2.05, 4.69) is 17.9 Å².